The Bertz CT molecular complexity index is 1400. The summed E-state index contributed by atoms with van der Waals surface area (Å²) < 4.78 is 39.1. The molecule has 1 aliphatic heterocycles. The molecule has 0 amide bonds. The van der Waals surface area contributed by atoms with Gasteiger partial charge in [0.2, 0.25) is 0 Å². The van der Waals surface area contributed by atoms with Crippen molar-refractivity contribution < 1.29 is 38.1 Å². The van der Waals surface area contributed by atoms with E-state index in [-0.39, 0.29) is 24.1 Å². The predicted octanol–water partition coefficient (Wildman–Crippen LogP) is 3.80. The van der Waals surface area contributed by atoms with Crippen molar-refractivity contribution in [3.05, 3.63) is 54.5 Å². The highest BCUT2D eigenvalue weighted by Gasteiger charge is 2.54. The van der Waals surface area contributed by atoms with Gasteiger partial charge in [0.25, 0.3) is 0 Å². The van der Waals surface area contributed by atoms with Crippen LogP contribution in [0.4, 0.5) is 5.82 Å². The smallest absolute Gasteiger partial charge is 0.459 e. The maximum atomic E-state index is 14.2. The van der Waals surface area contributed by atoms with Crippen molar-refractivity contribution in [2.75, 3.05) is 18.9 Å². The highest BCUT2D eigenvalue weighted by molar-refractivity contribution is 7.52. The molecule has 43 heavy (non-hydrogen) atoms. The van der Waals surface area contributed by atoms with E-state index in [1.54, 1.807) is 42.5 Å². The van der Waals surface area contributed by atoms with Crippen molar-refractivity contribution in [1.29, 1.82) is 0 Å². The van der Waals surface area contributed by atoms with Crippen LogP contribution in [0.1, 0.15) is 65.2 Å². The molecule has 236 valence electrons. The van der Waals surface area contributed by atoms with Crippen LogP contribution in [0.3, 0.4) is 0 Å². The third-order valence-electron chi connectivity index (χ3n) is 7.74. The van der Waals surface area contributed by atoms with Gasteiger partial charge in [0.05, 0.1) is 18.9 Å². The van der Waals surface area contributed by atoms with Crippen molar-refractivity contribution in [3.8, 4) is 5.75 Å². The number of aliphatic hydroxyl groups is 2. The number of anilines is 1. The number of nitrogens with zero attached hydrogens (tertiary/aromatic N) is 3. The molecule has 3 aromatic rings. The number of benzene rings is 1. The zero-order valence-electron chi connectivity index (χ0n) is 25.0. The highest BCUT2D eigenvalue weighted by Crippen LogP contribution is 2.48. The van der Waals surface area contributed by atoms with E-state index in [4.69, 9.17) is 24.3 Å². The lowest BCUT2D eigenvalue weighted by Crippen LogP contribution is -2.45. The molecule has 1 aliphatic rings. The fourth-order valence-corrected chi connectivity index (χ4v) is 6.58. The zero-order chi connectivity index (χ0) is 31.2. The van der Waals surface area contributed by atoms with Gasteiger partial charge in [0, 0.05) is 0 Å². The van der Waals surface area contributed by atoms with Crippen LogP contribution in [-0.4, -0.2) is 67.8 Å². The largest absolute Gasteiger partial charge is 0.464 e. The Labute approximate surface area is 251 Å². The maximum absolute atomic E-state index is 14.2. The number of nitrogens with one attached hydrogen (secondary N) is 1. The van der Waals surface area contributed by atoms with Crippen molar-refractivity contribution in [2.24, 2.45) is 5.92 Å². The van der Waals surface area contributed by atoms with Crippen molar-refractivity contribution >= 4 is 25.1 Å². The molecule has 3 heterocycles. The number of nitrogens with two attached hydrogens (primary N) is 1. The van der Waals surface area contributed by atoms with Gasteiger partial charge in [0.15, 0.2) is 5.82 Å². The van der Waals surface area contributed by atoms with E-state index in [9.17, 15) is 19.6 Å². The van der Waals surface area contributed by atoms with Crippen LogP contribution in [0.5, 0.6) is 5.75 Å². The summed E-state index contributed by atoms with van der Waals surface area (Å²) in [6, 6.07) is 10.8. The molecule has 0 radical (unpaired) electrons. The van der Waals surface area contributed by atoms with Crippen molar-refractivity contribution in [3.63, 3.8) is 0 Å². The summed E-state index contributed by atoms with van der Waals surface area (Å²) in [6.07, 6.45) is 0.0739. The molecule has 14 heteroatoms. The molecule has 2 aromatic heterocycles. The number of aromatic nitrogens is 3. The first-order valence-electron chi connectivity index (χ1n) is 14.6. The van der Waals surface area contributed by atoms with Crippen LogP contribution in [0.15, 0.2) is 48.8 Å². The van der Waals surface area contributed by atoms with Gasteiger partial charge in [0.1, 0.15) is 47.5 Å². The third-order valence-corrected chi connectivity index (χ3v) is 9.29. The molecule has 0 spiro atoms. The Balaban J connectivity index is 1.55. The molecule has 6 atom stereocenters. The Morgan fingerprint density at radius 1 is 1.19 bits per heavy atom. The van der Waals surface area contributed by atoms with E-state index in [0.717, 1.165) is 12.8 Å². The number of aliphatic hydroxyl groups excluding tert-OH is 2. The Morgan fingerprint density at radius 2 is 1.91 bits per heavy atom. The minimum absolute atomic E-state index is 0.218. The van der Waals surface area contributed by atoms with Crippen LogP contribution in [0.25, 0.3) is 5.52 Å². The number of para-hydroxylation sites is 1. The molecule has 4 rings (SSSR count). The molecule has 13 nitrogen and oxygen atoms in total. The van der Waals surface area contributed by atoms with Crippen molar-refractivity contribution in [1.82, 2.24) is 19.7 Å². The Hall–Kier alpha value is -3.06. The first kappa shape index (κ1) is 32.8. The number of esters is 1. The molecule has 1 aromatic carbocycles. The fraction of sp³-hybridized carbons (Fsp3) is 0.552. The summed E-state index contributed by atoms with van der Waals surface area (Å²) in [4.78, 5) is 17.1. The molecule has 0 bridgehead atoms. The van der Waals surface area contributed by atoms with Gasteiger partial charge >= 0.3 is 13.7 Å². The SMILES string of the molecule is CCC[C@H](NP(=O)(OC[C@@]1(C)O[C@@H](c2ccc3c(N)ncnn23)[C@H](O)[C@@H]1O)Oc1ccccc1)C(=O)OCC(CC)CC. The van der Waals surface area contributed by atoms with E-state index in [0.29, 0.717) is 24.1 Å². The minimum Gasteiger partial charge on any atom is -0.464 e. The number of hydrogen-bond acceptors (Lipinski definition) is 11. The Kier molecular flexibility index (Phi) is 10.8. The molecule has 5 N–H and O–H groups in total. The summed E-state index contributed by atoms with van der Waals surface area (Å²) >= 11 is 0. The van der Waals surface area contributed by atoms with Crippen LogP contribution in [-0.2, 0) is 23.4 Å². The quantitative estimate of drug-likeness (QED) is 0.143. The number of carbonyl (C=O) groups excluding carboxylic acids is 1. The number of hydrogen-bond donors (Lipinski definition) is 4. The van der Waals surface area contributed by atoms with Gasteiger partial charge in [-0.05, 0) is 43.5 Å². The van der Waals surface area contributed by atoms with Crippen LogP contribution < -0.4 is 15.3 Å². The first-order valence-corrected chi connectivity index (χ1v) is 16.1. The lowest BCUT2D eigenvalue weighted by molar-refractivity contribution is -0.147. The van der Waals surface area contributed by atoms with Gasteiger partial charge in [-0.2, -0.15) is 10.2 Å². The van der Waals surface area contributed by atoms with E-state index in [1.165, 1.54) is 17.8 Å². The van der Waals surface area contributed by atoms with Crippen LogP contribution >= 0.6 is 7.75 Å². The first-order chi connectivity index (χ1) is 20.5. The summed E-state index contributed by atoms with van der Waals surface area (Å²) in [5.74, 6) is 0.141. The zero-order valence-corrected chi connectivity index (χ0v) is 25.9. The molecular weight excluding hydrogens is 577 g/mol. The third kappa shape index (κ3) is 7.54. The molecule has 0 saturated carbocycles. The van der Waals surface area contributed by atoms with Crippen LogP contribution in [0.2, 0.25) is 0 Å². The average molecular weight is 620 g/mol. The van der Waals surface area contributed by atoms with Gasteiger partial charge in [-0.3, -0.25) is 9.32 Å². The second-order valence-corrected chi connectivity index (χ2v) is 12.6. The predicted molar refractivity (Wildman–Crippen MR) is 159 cm³/mol. The summed E-state index contributed by atoms with van der Waals surface area (Å²) in [5.41, 5.74) is 5.36. The molecule has 0 aliphatic carbocycles. The molecule has 1 fully saturated rings. The van der Waals surface area contributed by atoms with E-state index in [2.05, 4.69) is 15.2 Å². The standard InChI is InChI=1S/C29H42N5O8P/c1-5-11-21(28(37)39-16-19(6-2)7-3)33-43(38,42-20-12-9-8-10-13-20)40-17-29(4)26(36)24(35)25(41-29)22-14-15-23-27(30)31-18-32-34(22)23/h8-10,12-15,18-19,21,24-26,35-36H,5-7,11,16-17H2,1-4H3,(H,33,38)(H2,30,31,32)/t21-,24-,25-,26-,29+,43?/m0/s1. The second-order valence-electron chi connectivity index (χ2n) is 10.9. The second kappa shape index (κ2) is 14.1. The van der Waals surface area contributed by atoms with Crippen molar-refractivity contribution in [2.45, 2.75) is 83.3 Å². The maximum Gasteiger partial charge on any atom is 0.459 e. The fourth-order valence-electron chi connectivity index (χ4n) is 4.96. The monoisotopic (exact) mass is 619 g/mol. The molecular formula is C29H42N5O8P. The number of ether oxygens (including phenoxy) is 2. The Morgan fingerprint density at radius 3 is 2.58 bits per heavy atom. The van der Waals surface area contributed by atoms with Gasteiger partial charge in [-0.15, -0.1) is 0 Å². The van der Waals surface area contributed by atoms with E-state index >= 15 is 0 Å². The lowest BCUT2D eigenvalue weighted by atomic mass is 9.97. The summed E-state index contributed by atoms with van der Waals surface area (Å²) in [6.45, 7) is 7.27. The summed E-state index contributed by atoms with van der Waals surface area (Å²) in [7, 11) is -4.27. The number of fused-ring (bicyclic) bond motifs is 1. The topological polar surface area (TPSA) is 180 Å². The normalized spacial score (nSPS) is 24.2. The van der Waals surface area contributed by atoms with E-state index < -0.39 is 50.3 Å². The minimum atomic E-state index is -4.27. The van der Waals surface area contributed by atoms with Gasteiger partial charge in [-0.1, -0.05) is 58.2 Å². The highest BCUT2D eigenvalue weighted by atomic mass is 31.2. The van der Waals surface area contributed by atoms with E-state index in [1.807, 2.05) is 20.8 Å². The van der Waals surface area contributed by atoms with Gasteiger partial charge in [-0.25, -0.2) is 14.1 Å². The number of nitrogen functional groups attached to an aromatic ring is 1. The van der Waals surface area contributed by atoms with Gasteiger partial charge < -0.3 is 29.9 Å². The number of rotatable bonds is 15. The van der Waals surface area contributed by atoms with Crippen LogP contribution in [0, 0.1) is 5.92 Å². The molecule has 1 saturated heterocycles. The average Bonchev–Trinajstić information content (AvgIpc) is 3.53. The lowest BCUT2D eigenvalue weighted by Gasteiger charge is -2.31. The summed E-state index contributed by atoms with van der Waals surface area (Å²) in [5, 5.41) is 29.0. The number of carbonyl (C=O) groups is 1. The molecule has 1 unspecified atom stereocenters.